The summed E-state index contributed by atoms with van der Waals surface area (Å²) >= 11 is 1.30. The van der Waals surface area contributed by atoms with Gasteiger partial charge in [0.25, 0.3) is 5.56 Å². The van der Waals surface area contributed by atoms with E-state index >= 15 is 0 Å². The highest BCUT2D eigenvalue weighted by Gasteiger charge is 2.33. The normalized spacial score (nSPS) is 14.9. The lowest BCUT2D eigenvalue weighted by Gasteiger charge is -2.24. The van der Waals surface area contributed by atoms with E-state index in [1.807, 2.05) is 79.7 Å². The maximum atomic E-state index is 14.0. The number of aromatic nitrogens is 1. The molecule has 0 spiro atoms. The molecule has 0 saturated carbocycles. The molecule has 1 aliphatic rings. The van der Waals surface area contributed by atoms with Crippen LogP contribution < -0.4 is 19.6 Å². The van der Waals surface area contributed by atoms with Crippen LogP contribution in [0, 0.1) is 6.92 Å². The van der Waals surface area contributed by atoms with Crippen molar-refractivity contribution in [3.8, 4) is 5.75 Å². The molecule has 7 heteroatoms. The lowest BCUT2D eigenvalue weighted by atomic mass is 9.95. The third-order valence-corrected chi connectivity index (χ3v) is 8.36. The van der Waals surface area contributed by atoms with Gasteiger partial charge in [-0.25, -0.2) is 9.79 Å². The molecule has 4 aromatic carbocycles. The first kappa shape index (κ1) is 27.4. The Hall–Kier alpha value is -4.75. The first-order chi connectivity index (χ1) is 20.4. The van der Waals surface area contributed by atoms with Crippen LogP contribution in [0.5, 0.6) is 5.75 Å². The van der Waals surface area contributed by atoms with Gasteiger partial charge in [-0.15, -0.1) is 0 Å². The van der Waals surface area contributed by atoms with Crippen LogP contribution in [0.25, 0.3) is 16.8 Å². The number of hydrogen-bond donors (Lipinski definition) is 0. The molecule has 5 aromatic rings. The van der Waals surface area contributed by atoms with Crippen LogP contribution in [-0.4, -0.2) is 17.1 Å². The monoisotopic (exact) mass is 574 g/mol. The lowest BCUT2D eigenvalue weighted by molar-refractivity contribution is -0.139. The number of fused-ring (bicyclic) bond motifs is 2. The number of carbonyl (C=O) groups is 1. The molecule has 0 N–H and O–H groups in total. The minimum Gasteiger partial charge on any atom is -0.488 e. The number of benzene rings is 4. The number of rotatable bonds is 7. The first-order valence-corrected chi connectivity index (χ1v) is 14.7. The number of hydrogen-bond acceptors (Lipinski definition) is 6. The third-order valence-electron chi connectivity index (χ3n) is 7.38. The molecule has 0 aliphatic carbocycles. The molecule has 0 radical (unpaired) electrons. The Morgan fingerprint density at radius 3 is 2.50 bits per heavy atom. The van der Waals surface area contributed by atoms with E-state index in [0.29, 0.717) is 33.0 Å². The van der Waals surface area contributed by atoms with Gasteiger partial charge in [-0.2, -0.15) is 0 Å². The fourth-order valence-corrected chi connectivity index (χ4v) is 6.34. The predicted octanol–water partition coefficient (Wildman–Crippen LogP) is 5.84. The molecule has 6 rings (SSSR count). The topological polar surface area (TPSA) is 69.9 Å². The average Bonchev–Trinajstić information content (AvgIpc) is 3.30. The fourth-order valence-electron chi connectivity index (χ4n) is 5.30. The van der Waals surface area contributed by atoms with Crippen LogP contribution >= 0.6 is 11.3 Å². The van der Waals surface area contributed by atoms with Gasteiger partial charge in [0.2, 0.25) is 0 Å². The SMILES string of the molecule is CCOC(=O)C1=C(C)N=c2s/c(=C\c3ccccc3OCc3cccc4ccccc34)c(=O)n2[C@@H]1c1ccc(C)cc1. The summed E-state index contributed by atoms with van der Waals surface area (Å²) in [6, 6.07) is 29.3. The maximum absolute atomic E-state index is 14.0. The maximum Gasteiger partial charge on any atom is 0.338 e. The Balaban J connectivity index is 1.42. The van der Waals surface area contributed by atoms with E-state index < -0.39 is 12.0 Å². The van der Waals surface area contributed by atoms with Gasteiger partial charge < -0.3 is 9.47 Å². The van der Waals surface area contributed by atoms with E-state index in [1.165, 1.54) is 11.3 Å². The second-order valence-electron chi connectivity index (χ2n) is 10.2. The van der Waals surface area contributed by atoms with E-state index in [2.05, 4.69) is 29.3 Å². The van der Waals surface area contributed by atoms with Gasteiger partial charge in [0.1, 0.15) is 12.4 Å². The number of ether oxygens (including phenoxy) is 2. The molecular weight excluding hydrogens is 544 g/mol. The van der Waals surface area contributed by atoms with Crippen molar-refractivity contribution in [1.82, 2.24) is 4.57 Å². The van der Waals surface area contributed by atoms with Crippen molar-refractivity contribution in [1.29, 1.82) is 0 Å². The molecule has 0 unspecified atom stereocenters. The molecule has 2 heterocycles. The van der Waals surface area contributed by atoms with Crippen LogP contribution in [0.15, 0.2) is 112 Å². The van der Waals surface area contributed by atoms with Crippen molar-refractivity contribution in [3.63, 3.8) is 0 Å². The summed E-state index contributed by atoms with van der Waals surface area (Å²) in [6.07, 6.45) is 1.85. The van der Waals surface area contributed by atoms with Crippen LogP contribution in [0.3, 0.4) is 0 Å². The molecule has 0 fully saturated rings. The Bertz CT molecular complexity index is 2010. The van der Waals surface area contributed by atoms with Gasteiger partial charge in [0.15, 0.2) is 4.80 Å². The Morgan fingerprint density at radius 1 is 0.952 bits per heavy atom. The van der Waals surface area contributed by atoms with Crippen molar-refractivity contribution < 1.29 is 14.3 Å². The summed E-state index contributed by atoms with van der Waals surface area (Å²) in [6.45, 7) is 6.19. The minimum absolute atomic E-state index is 0.220. The summed E-state index contributed by atoms with van der Waals surface area (Å²) in [4.78, 5) is 32.3. The Kier molecular flexibility index (Phi) is 7.59. The second kappa shape index (κ2) is 11.6. The highest BCUT2D eigenvalue weighted by Crippen LogP contribution is 2.31. The molecule has 1 aromatic heterocycles. The zero-order valence-electron chi connectivity index (χ0n) is 23.7. The molecule has 6 nitrogen and oxygen atoms in total. The number of nitrogens with zero attached hydrogens (tertiary/aromatic N) is 2. The number of allylic oxidation sites excluding steroid dienone is 1. The predicted molar refractivity (Wildman–Crippen MR) is 166 cm³/mol. The van der Waals surface area contributed by atoms with Crippen molar-refractivity contribution in [2.75, 3.05) is 6.61 Å². The van der Waals surface area contributed by atoms with Crippen LogP contribution in [0.1, 0.15) is 42.1 Å². The highest BCUT2D eigenvalue weighted by molar-refractivity contribution is 7.07. The minimum atomic E-state index is -0.638. The van der Waals surface area contributed by atoms with Gasteiger partial charge in [-0.3, -0.25) is 9.36 Å². The summed E-state index contributed by atoms with van der Waals surface area (Å²) in [5.41, 5.74) is 4.49. The van der Waals surface area contributed by atoms with E-state index in [4.69, 9.17) is 9.47 Å². The van der Waals surface area contributed by atoms with Crippen molar-refractivity contribution in [2.24, 2.45) is 4.99 Å². The smallest absolute Gasteiger partial charge is 0.338 e. The number of esters is 1. The standard InChI is InChI=1S/C35H30N2O4S/c1-4-40-34(39)31-23(3)36-35-37(32(31)25-18-16-22(2)17-19-25)33(38)30(42-35)20-26-11-6-8-15-29(26)41-21-27-13-9-12-24-10-5-7-14-28(24)27/h5-20,32H,4,21H2,1-3H3/b30-20-/t32-/m1/s1. The second-order valence-corrected chi connectivity index (χ2v) is 11.2. The highest BCUT2D eigenvalue weighted by atomic mass is 32.1. The zero-order valence-corrected chi connectivity index (χ0v) is 24.5. The van der Waals surface area contributed by atoms with E-state index in [9.17, 15) is 9.59 Å². The average molecular weight is 575 g/mol. The Morgan fingerprint density at radius 2 is 1.69 bits per heavy atom. The third kappa shape index (κ3) is 5.19. The van der Waals surface area contributed by atoms with Gasteiger partial charge in [0.05, 0.1) is 28.5 Å². The first-order valence-electron chi connectivity index (χ1n) is 13.9. The van der Waals surface area contributed by atoms with Gasteiger partial charge in [-0.1, -0.05) is 102 Å². The Labute approximate surface area is 247 Å². The van der Waals surface area contributed by atoms with E-state index in [1.54, 1.807) is 18.4 Å². The summed E-state index contributed by atoms with van der Waals surface area (Å²) < 4.78 is 13.8. The van der Waals surface area contributed by atoms with Crippen LogP contribution in [0.4, 0.5) is 0 Å². The van der Waals surface area contributed by atoms with Gasteiger partial charge in [0, 0.05) is 5.56 Å². The van der Waals surface area contributed by atoms with Crippen LogP contribution in [0.2, 0.25) is 0 Å². The van der Waals surface area contributed by atoms with Crippen molar-refractivity contribution >= 4 is 34.2 Å². The van der Waals surface area contributed by atoms with E-state index in [-0.39, 0.29) is 12.2 Å². The van der Waals surface area contributed by atoms with Crippen molar-refractivity contribution in [2.45, 2.75) is 33.4 Å². The number of carbonyl (C=O) groups excluding carboxylic acids is 1. The number of aryl methyl sites for hydroxylation is 1. The molecule has 42 heavy (non-hydrogen) atoms. The summed E-state index contributed by atoms with van der Waals surface area (Å²) in [7, 11) is 0. The zero-order chi connectivity index (χ0) is 29.2. The molecule has 0 bridgehead atoms. The van der Waals surface area contributed by atoms with Crippen molar-refractivity contribution in [3.05, 3.63) is 144 Å². The molecule has 0 saturated heterocycles. The summed E-state index contributed by atoms with van der Waals surface area (Å²) in [5, 5.41) is 2.31. The quantitative estimate of drug-likeness (QED) is 0.229. The fraction of sp³-hybridized carbons (Fsp3) is 0.171. The molecule has 0 amide bonds. The summed E-state index contributed by atoms with van der Waals surface area (Å²) in [5.74, 6) is 0.209. The van der Waals surface area contributed by atoms with E-state index in [0.717, 1.165) is 33.0 Å². The number of thiazole rings is 1. The lowest BCUT2D eigenvalue weighted by Crippen LogP contribution is -2.39. The molecule has 1 atom stereocenters. The molecule has 210 valence electrons. The number of para-hydroxylation sites is 1. The van der Waals surface area contributed by atoms with Gasteiger partial charge >= 0.3 is 5.97 Å². The molecule has 1 aliphatic heterocycles. The van der Waals surface area contributed by atoms with Crippen LogP contribution in [-0.2, 0) is 16.1 Å². The van der Waals surface area contributed by atoms with Gasteiger partial charge in [-0.05, 0) is 54.8 Å². The molecular formula is C35H30N2O4S. The largest absolute Gasteiger partial charge is 0.488 e.